The minimum atomic E-state index is -0.613. The van der Waals surface area contributed by atoms with Gasteiger partial charge in [0.15, 0.2) is 0 Å². The molecule has 2 rings (SSSR count). The molecule has 1 aromatic heterocycles. The van der Waals surface area contributed by atoms with Gasteiger partial charge in [-0.1, -0.05) is 30.3 Å². The molecule has 0 bridgehead atoms. The predicted molar refractivity (Wildman–Crippen MR) is 81.3 cm³/mol. The Morgan fingerprint density at radius 1 is 1.10 bits per heavy atom. The Bertz CT molecular complexity index is 691. The molecule has 2 aromatic rings. The molecule has 1 amide bonds. The molecule has 0 saturated heterocycles. The average molecular weight is 278 g/mol. The van der Waals surface area contributed by atoms with Crippen molar-refractivity contribution < 1.29 is 4.79 Å². The highest BCUT2D eigenvalue weighted by molar-refractivity contribution is 6.26. The lowest BCUT2D eigenvalue weighted by molar-refractivity contribution is -0.113. The first-order valence-electron chi connectivity index (χ1n) is 6.32. The van der Waals surface area contributed by atoms with Gasteiger partial charge in [0.1, 0.15) is 0 Å². The number of carbonyl (C=O) groups is 1. The van der Waals surface area contributed by atoms with Crippen LogP contribution in [-0.2, 0) is 4.79 Å². The summed E-state index contributed by atoms with van der Waals surface area (Å²) in [5.41, 5.74) is 9.49. The molecular formula is C16H14N4O. The Hall–Kier alpha value is -2.95. The number of aromatic nitrogens is 1. The number of aliphatic imine (C=N–C) groups is 1. The lowest BCUT2D eigenvalue weighted by Crippen LogP contribution is -2.04. The van der Waals surface area contributed by atoms with Gasteiger partial charge in [0.25, 0.3) is 5.91 Å². The van der Waals surface area contributed by atoms with Gasteiger partial charge < -0.3 is 0 Å². The van der Waals surface area contributed by atoms with E-state index in [1.54, 1.807) is 37.7 Å². The van der Waals surface area contributed by atoms with Crippen LogP contribution in [0.3, 0.4) is 0 Å². The van der Waals surface area contributed by atoms with E-state index in [0.29, 0.717) is 16.8 Å². The molecule has 1 aromatic carbocycles. The maximum absolute atomic E-state index is 11.9. The highest BCUT2D eigenvalue weighted by Crippen LogP contribution is 2.17. The van der Waals surface area contributed by atoms with E-state index in [1.807, 2.05) is 30.3 Å². The van der Waals surface area contributed by atoms with Crippen LogP contribution in [0.4, 0.5) is 0 Å². The lowest BCUT2D eigenvalue weighted by atomic mass is 10.0. The number of benzene rings is 1. The van der Waals surface area contributed by atoms with Crippen LogP contribution in [0.1, 0.15) is 11.1 Å². The molecule has 21 heavy (non-hydrogen) atoms. The number of amides is 1. The summed E-state index contributed by atoms with van der Waals surface area (Å²) in [6.45, 7) is 0. The molecule has 0 aliphatic rings. The van der Waals surface area contributed by atoms with E-state index < -0.39 is 5.91 Å². The van der Waals surface area contributed by atoms with E-state index in [2.05, 4.69) is 15.1 Å². The number of carbonyl (C=O) groups excluding carboxylic acids is 1. The van der Waals surface area contributed by atoms with E-state index in [4.69, 9.17) is 5.53 Å². The molecule has 0 aliphatic carbocycles. The molecular weight excluding hydrogens is 264 g/mol. The second-order valence-corrected chi connectivity index (χ2v) is 4.19. The Morgan fingerprint density at radius 2 is 1.76 bits per heavy atom. The smallest absolute Gasteiger partial charge is 0.288 e. The van der Waals surface area contributed by atoms with Crippen molar-refractivity contribution in [1.29, 1.82) is 5.53 Å². The van der Waals surface area contributed by atoms with Crippen molar-refractivity contribution in [2.24, 2.45) is 10.1 Å². The number of nitrogens with zero attached hydrogens (tertiary/aromatic N) is 3. The first-order valence-corrected chi connectivity index (χ1v) is 6.32. The molecule has 104 valence electrons. The van der Waals surface area contributed by atoms with Gasteiger partial charge in [-0.25, -0.2) is 5.53 Å². The summed E-state index contributed by atoms with van der Waals surface area (Å²) in [7, 11) is 1.66. The summed E-state index contributed by atoms with van der Waals surface area (Å²) in [6, 6.07) is 12.9. The molecule has 0 saturated carbocycles. The molecule has 0 spiro atoms. The van der Waals surface area contributed by atoms with Crippen LogP contribution in [0.15, 0.2) is 71.0 Å². The number of pyridine rings is 1. The van der Waals surface area contributed by atoms with Crippen LogP contribution in [0.5, 0.6) is 0 Å². The van der Waals surface area contributed by atoms with Crippen LogP contribution in [-0.4, -0.2) is 23.7 Å². The average Bonchev–Trinajstić information content (AvgIpc) is 2.57. The van der Waals surface area contributed by atoms with Gasteiger partial charge in [-0.2, -0.15) is 0 Å². The first kappa shape index (κ1) is 14.5. The van der Waals surface area contributed by atoms with E-state index >= 15 is 0 Å². The third-order valence-corrected chi connectivity index (χ3v) is 2.91. The van der Waals surface area contributed by atoms with Gasteiger partial charge in [-0.15, -0.1) is 5.11 Å². The van der Waals surface area contributed by atoms with Gasteiger partial charge in [0.2, 0.25) is 0 Å². The van der Waals surface area contributed by atoms with Crippen LogP contribution in [0.25, 0.3) is 5.57 Å². The van der Waals surface area contributed by atoms with Crippen LogP contribution < -0.4 is 0 Å². The molecule has 0 aliphatic heterocycles. The second-order valence-electron chi connectivity index (χ2n) is 4.19. The maximum atomic E-state index is 11.9. The van der Waals surface area contributed by atoms with Crippen molar-refractivity contribution in [3.8, 4) is 0 Å². The normalized spacial score (nSPS) is 12.0. The van der Waals surface area contributed by atoms with Crippen molar-refractivity contribution in [2.75, 3.05) is 7.05 Å². The monoisotopic (exact) mass is 278 g/mol. The van der Waals surface area contributed by atoms with Crippen LogP contribution in [0.2, 0.25) is 0 Å². The highest BCUT2D eigenvalue weighted by atomic mass is 16.1. The van der Waals surface area contributed by atoms with Gasteiger partial charge in [0.05, 0.1) is 11.3 Å². The lowest BCUT2D eigenvalue weighted by Gasteiger charge is -2.05. The zero-order chi connectivity index (χ0) is 15.1. The minimum Gasteiger partial charge on any atom is -0.288 e. The largest absolute Gasteiger partial charge is 0.295 e. The molecule has 1 heterocycles. The minimum absolute atomic E-state index is 0.317. The molecule has 5 heteroatoms. The molecule has 0 radical (unpaired) electrons. The second kappa shape index (κ2) is 7.00. The fourth-order valence-corrected chi connectivity index (χ4v) is 1.88. The van der Waals surface area contributed by atoms with E-state index in [9.17, 15) is 4.79 Å². The summed E-state index contributed by atoms with van der Waals surface area (Å²) in [6.07, 6.45) is 4.82. The van der Waals surface area contributed by atoms with Crippen molar-refractivity contribution in [1.82, 2.24) is 4.98 Å². The highest BCUT2D eigenvalue weighted by Gasteiger charge is 2.13. The Labute approximate surface area is 122 Å². The topological polar surface area (TPSA) is 78.5 Å². The summed E-state index contributed by atoms with van der Waals surface area (Å²) in [5, 5.41) is 3.01. The zero-order valence-corrected chi connectivity index (χ0v) is 11.5. The quantitative estimate of drug-likeness (QED) is 0.529. The van der Waals surface area contributed by atoms with Gasteiger partial charge in [-0.05, 0) is 29.3 Å². The molecule has 5 nitrogen and oxygen atoms in total. The predicted octanol–water partition coefficient (Wildman–Crippen LogP) is 3.14. The molecule has 0 fully saturated rings. The summed E-state index contributed by atoms with van der Waals surface area (Å²) in [5.74, 6) is -0.613. The maximum Gasteiger partial charge on any atom is 0.295 e. The number of rotatable bonds is 4. The molecule has 0 unspecified atom stereocenters. The van der Waals surface area contributed by atoms with E-state index in [1.165, 1.54) is 0 Å². The number of hydrogen-bond acceptors (Lipinski definition) is 4. The van der Waals surface area contributed by atoms with Crippen LogP contribution in [0, 0.1) is 5.53 Å². The number of allylic oxidation sites excluding steroid dienone is 1. The SMILES string of the molecule is C/N=C(\C=C(/C(=O)N=N)c1ccncc1)c1ccccc1. The van der Waals surface area contributed by atoms with Gasteiger partial charge >= 0.3 is 0 Å². The third-order valence-electron chi connectivity index (χ3n) is 2.91. The summed E-state index contributed by atoms with van der Waals surface area (Å²) >= 11 is 0. The molecule has 0 atom stereocenters. The molecule has 1 N–H and O–H groups in total. The Balaban J connectivity index is 2.50. The van der Waals surface area contributed by atoms with Gasteiger partial charge in [-0.3, -0.25) is 14.8 Å². The van der Waals surface area contributed by atoms with Gasteiger partial charge in [0, 0.05) is 19.4 Å². The zero-order valence-electron chi connectivity index (χ0n) is 11.5. The summed E-state index contributed by atoms with van der Waals surface area (Å²) in [4.78, 5) is 20.0. The third kappa shape index (κ3) is 3.54. The van der Waals surface area contributed by atoms with Crippen molar-refractivity contribution in [2.45, 2.75) is 0 Å². The van der Waals surface area contributed by atoms with Crippen molar-refractivity contribution in [3.63, 3.8) is 0 Å². The Kier molecular flexibility index (Phi) is 4.82. The Morgan fingerprint density at radius 3 is 2.33 bits per heavy atom. The van der Waals surface area contributed by atoms with Crippen LogP contribution >= 0.6 is 0 Å². The van der Waals surface area contributed by atoms with Crippen molar-refractivity contribution >= 4 is 17.2 Å². The fourth-order valence-electron chi connectivity index (χ4n) is 1.88. The number of nitrogens with one attached hydrogen (secondary N) is 1. The fraction of sp³-hybridized carbons (Fsp3) is 0.0625. The standard InChI is InChI=1S/C16H14N4O/c1-18-15(13-5-3-2-4-6-13)11-14(16(21)20-17)12-7-9-19-10-8-12/h2-11,17H,1H3/b14-11-,18-15+,20-17?. The van der Waals surface area contributed by atoms with E-state index in [0.717, 1.165) is 5.56 Å². The van der Waals surface area contributed by atoms with Crippen molar-refractivity contribution in [3.05, 3.63) is 72.1 Å². The summed E-state index contributed by atoms with van der Waals surface area (Å²) < 4.78 is 0. The first-order chi connectivity index (χ1) is 10.3. The number of hydrogen-bond donors (Lipinski definition) is 1. The van der Waals surface area contributed by atoms with E-state index in [-0.39, 0.29) is 0 Å².